The Morgan fingerprint density at radius 2 is 2.35 bits per heavy atom. The third kappa shape index (κ3) is 4.23. The molecule has 0 spiro atoms. The number of hydrogen-bond donors (Lipinski definition) is 2. The number of aryl methyl sites for hydroxylation is 1. The molecule has 1 aliphatic heterocycles. The number of nitrogens with one attached hydrogen (secondary N) is 1. The zero-order valence-corrected chi connectivity index (χ0v) is 12.1. The van der Waals surface area contributed by atoms with Crippen molar-refractivity contribution in [2.45, 2.75) is 38.7 Å². The number of ether oxygens (including phenoxy) is 1. The van der Waals surface area contributed by atoms with Gasteiger partial charge in [0.2, 0.25) is 5.91 Å². The van der Waals surface area contributed by atoms with E-state index in [1.165, 1.54) is 0 Å². The van der Waals surface area contributed by atoms with Gasteiger partial charge in [-0.2, -0.15) is 0 Å². The fraction of sp³-hybridized carbons (Fsp3) is 0.562. The van der Waals surface area contributed by atoms with Crippen LogP contribution in [0.5, 0.6) is 0 Å². The molecule has 1 aromatic carbocycles. The summed E-state index contributed by atoms with van der Waals surface area (Å²) in [4.78, 5) is 11.9. The number of rotatable bonds is 6. The number of anilines is 1. The van der Waals surface area contributed by atoms with Gasteiger partial charge >= 0.3 is 0 Å². The zero-order valence-electron chi connectivity index (χ0n) is 12.1. The molecule has 0 aliphatic carbocycles. The van der Waals surface area contributed by atoms with Crippen LogP contribution in [0.25, 0.3) is 0 Å². The van der Waals surface area contributed by atoms with Crippen LogP contribution in [0.3, 0.4) is 0 Å². The Hall–Kier alpha value is -1.55. The Morgan fingerprint density at radius 1 is 1.50 bits per heavy atom. The second-order valence-electron chi connectivity index (χ2n) is 5.42. The first-order valence-corrected chi connectivity index (χ1v) is 7.41. The Morgan fingerprint density at radius 3 is 3.10 bits per heavy atom. The van der Waals surface area contributed by atoms with E-state index in [1.54, 1.807) is 0 Å². The molecule has 4 nitrogen and oxygen atoms in total. The van der Waals surface area contributed by atoms with E-state index in [0.29, 0.717) is 18.4 Å². The van der Waals surface area contributed by atoms with E-state index in [2.05, 4.69) is 12.2 Å². The molecule has 2 rings (SSSR count). The number of benzene rings is 1. The number of carbonyl (C=O) groups excluding carboxylic acids is 1. The van der Waals surface area contributed by atoms with E-state index in [1.807, 2.05) is 24.3 Å². The second-order valence-corrected chi connectivity index (χ2v) is 5.42. The molecule has 3 N–H and O–H groups in total. The van der Waals surface area contributed by atoms with Crippen molar-refractivity contribution >= 4 is 11.6 Å². The van der Waals surface area contributed by atoms with E-state index in [0.717, 1.165) is 43.7 Å². The molecular weight excluding hydrogens is 252 g/mol. The summed E-state index contributed by atoms with van der Waals surface area (Å²) in [5, 5.41) is 3.02. The molecule has 0 saturated carbocycles. The Labute approximate surface area is 120 Å². The molecule has 0 bridgehead atoms. The average Bonchev–Trinajstić information content (AvgIpc) is 2.90. The van der Waals surface area contributed by atoms with Gasteiger partial charge in [0.1, 0.15) is 0 Å². The molecule has 1 amide bonds. The fourth-order valence-corrected chi connectivity index (χ4v) is 2.72. The molecule has 1 fully saturated rings. The lowest BCUT2D eigenvalue weighted by molar-refractivity contribution is -0.121. The number of nitrogens with two attached hydrogens (primary N) is 1. The van der Waals surface area contributed by atoms with E-state index < -0.39 is 0 Å². The first-order valence-electron chi connectivity index (χ1n) is 7.41. The summed E-state index contributed by atoms with van der Waals surface area (Å²) in [6, 6.07) is 7.70. The van der Waals surface area contributed by atoms with Crippen molar-refractivity contribution in [2.24, 2.45) is 5.92 Å². The van der Waals surface area contributed by atoms with Crippen molar-refractivity contribution in [3.05, 3.63) is 29.8 Å². The molecule has 0 aromatic heterocycles. The molecule has 2 unspecified atom stereocenters. The Balaban J connectivity index is 1.70. The third-order valence-corrected chi connectivity index (χ3v) is 3.90. The number of hydrogen-bond acceptors (Lipinski definition) is 3. The van der Waals surface area contributed by atoms with Crippen molar-refractivity contribution in [1.29, 1.82) is 0 Å². The normalized spacial score (nSPS) is 21.9. The highest BCUT2D eigenvalue weighted by Gasteiger charge is 2.26. The van der Waals surface area contributed by atoms with Crippen LogP contribution in [0.15, 0.2) is 24.3 Å². The van der Waals surface area contributed by atoms with Crippen LogP contribution in [0.2, 0.25) is 0 Å². The lowest BCUT2D eigenvalue weighted by atomic mass is 9.99. The van der Waals surface area contributed by atoms with Gasteiger partial charge in [0.05, 0.1) is 6.10 Å². The molecule has 2 atom stereocenters. The minimum atomic E-state index is 0.106. The van der Waals surface area contributed by atoms with Gasteiger partial charge in [-0.05, 0) is 37.0 Å². The SMILES string of the molecule is CCC1OCCC1CNC(=O)CCc1cccc(N)c1. The van der Waals surface area contributed by atoms with Gasteiger partial charge in [0.25, 0.3) is 0 Å². The van der Waals surface area contributed by atoms with Gasteiger partial charge < -0.3 is 15.8 Å². The third-order valence-electron chi connectivity index (χ3n) is 3.90. The smallest absolute Gasteiger partial charge is 0.220 e. The first-order chi connectivity index (χ1) is 9.69. The Kier molecular flexibility index (Phi) is 5.41. The monoisotopic (exact) mass is 276 g/mol. The predicted molar refractivity (Wildman–Crippen MR) is 80.3 cm³/mol. The summed E-state index contributed by atoms with van der Waals surface area (Å²) in [5.74, 6) is 0.575. The van der Waals surface area contributed by atoms with Crippen LogP contribution in [0.4, 0.5) is 5.69 Å². The van der Waals surface area contributed by atoms with Crippen molar-refractivity contribution in [2.75, 3.05) is 18.9 Å². The molecule has 20 heavy (non-hydrogen) atoms. The van der Waals surface area contributed by atoms with Crippen molar-refractivity contribution in [3.63, 3.8) is 0 Å². The van der Waals surface area contributed by atoms with Gasteiger partial charge in [-0.15, -0.1) is 0 Å². The van der Waals surface area contributed by atoms with Gasteiger partial charge in [-0.1, -0.05) is 19.1 Å². The van der Waals surface area contributed by atoms with Crippen LogP contribution < -0.4 is 11.1 Å². The van der Waals surface area contributed by atoms with Crippen LogP contribution >= 0.6 is 0 Å². The van der Waals surface area contributed by atoms with Gasteiger partial charge in [-0.3, -0.25) is 4.79 Å². The fourth-order valence-electron chi connectivity index (χ4n) is 2.72. The van der Waals surface area contributed by atoms with E-state index in [4.69, 9.17) is 10.5 Å². The van der Waals surface area contributed by atoms with Gasteiger partial charge in [0, 0.05) is 31.2 Å². The van der Waals surface area contributed by atoms with Gasteiger partial charge in [-0.25, -0.2) is 0 Å². The summed E-state index contributed by atoms with van der Waals surface area (Å²) < 4.78 is 5.62. The van der Waals surface area contributed by atoms with E-state index in [-0.39, 0.29) is 5.91 Å². The van der Waals surface area contributed by atoms with Crippen molar-refractivity contribution in [1.82, 2.24) is 5.32 Å². The molecule has 0 radical (unpaired) electrons. The minimum absolute atomic E-state index is 0.106. The summed E-state index contributed by atoms with van der Waals surface area (Å²) in [5.41, 5.74) is 7.58. The summed E-state index contributed by atoms with van der Waals surface area (Å²) >= 11 is 0. The van der Waals surface area contributed by atoms with Crippen molar-refractivity contribution in [3.8, 4) is 0 Å². The quantitative estimate of drug-likeness (QED) is 0.782. The average molecular weight is 276 g/mol. The molecular formula is C16H24N2O2. The maximum atomic E-state index is 11.9. The van der Waals surface area contributed by atoms with Crippen LogP contribution in [0, 0.1) is 5.92 Å². The number of carbonyl (C=O) groups is 1. The van der Waals surface area contributed by atoms with E-state index in [9.17, 15) is 4.79 Å². The molecule has 1 aliphatic rings. The van der Waals surface area contributed by atoms with E-state index >= 15 is 0 Å². The first kappa shape index (κ1) is 14.9. The maximum absolute atomic E-state index is 11.9. The van der Waals surface area contributed by atoms with Crippen molar-refractivity contribution < 1.29 is 9.53 Å². The largest absolute Gasteiger partial charge is 0.399 e. The Bertz CT molecular complexity index is 448. The van der Waals surface area contributed by atoms with Crippen LogP contribution in [0.1, 0.15) is 31.7 Å². The van der Waals surface area contributed by atoms with Crippen LogP contribution in [-0.4, -0.2) is 25.2 Å². The predicted octanol–water partition coefficient (Wildman–Crippen LogP) is 2.13. The zero-order chi connectivity index (χ0) is 14.4. The highest BCUT2D eigenvalue weighted by atomic mass is 16.5. The minimum Gasteiger partial charge on any atom is -0.399 e. The maximum Gasteiger partial charge on any atom is 0.220 e. The molecule has 1 aromatic rings. The molecule has 1 heterocycles. The van der Waals surface area contributed by atoms with Gasteiger partial charge in [0.15, 0.2) is 0 Å². The lowest BCUT2D eigenvalue weighted by Crippen LogP contribution is -2.32. The lowest BCUT2D eigenvalue weighted by Gasteiger charge is -2.17. The number of nitrogen functional groups attached to an aromatic ring is 1. The summed E-state index contributed by atoms with van der Waals surface area (Å²) in [6.07, 6.45) is 3.62. The topological polar surface area (TPSA) is 64.3 Å². The highest BCUT2D eigenvalue weighted by molar-refractivity contribution is 5.76. The number of amides is 1. The molecule has 4 heteroatoms. The highest BCUT2D eigenvalue weighted by Crippen LogP contribution is 2.22. The summed E-state index contributed by atoms with van der Waals surface area (Å²) in [6.45, 7) is 3.68. The standard InChI is InChI=1S/C16H24N2O2/c1-2-15-13(8-9-20-15)11-18-16(19)7-6-12-4-3-5-14(17)10-12/h3-5,10,13,15H,2,6-9,11,17H2,1H3,(H,18,19). The molecule has 110 valence electrons. The summed E-state index contributed by atoms with van der Waals surface area (Å²) in [7, 11) is 0. The molecule has 1 saturated heterocycles. The van der Waals surface area contributed by atoms with Crippen LogP contribution in [-0.2, 0) is 16.0 Å². The second kappa shape index (κ2) is 7.29.